The van der Waals surface area contributed by atoms with E-state index in [0.29, 0.717) is 12.3 Å². The number of furan rings is 1. The average Bonchev–Trinajstić information content (AvgIpc) is 2.99. The van der Waals surface area contributed by atoms with Crippen LogP contribution in [0.25, 0.3) is 0 Å². The van der Waals surface area contributed by atoms with Crippen molar-refractivity contribution in [2.75, 3.05) is 13.6 Å². The first-order chi connectivity index (χ1) is 9.06. The van der Waals surface area contributed by atoms with E-state index in [2.05, 4.69) is 5.10 Å². The van der Waals surface area contributed by atoms with Crippen LogP contribution in [0.3, 0.4) is 0 Å². The number of aliphatic hydroxyl groups excluding tert-OH is 1. The van der Waals surface area contributed by atoms with E-state index < -0.39 is 6.10 Å². The van der Waals surface area contributed by atoms with Gasteiger partial charge < -0.3 is 14.4 Å². The van der Waals surface area contributed by atoms with E-state index in [0.717, 1.165) is 0 Å². The molecule has 0 fully saturated rings. The number of aromatic nitrogens is 2. The van der Waals surface area contributed by atoms with Gasteiger partial charge in [-0.1, -0.05) is 0 Å². The first-order valence-corrected chi connectivity index (χ1v) is 6.06. The molecular formula is C13H17N3O3. The molecule has 1 N–H and O–H groups in total. The van der Waals surface area contributed by atoms with Crippen LogP contribution in [0.4, 0.5) is 0 Å². The Balaban J connectivity index is 2.02. The predicted octanol–water partition coefficient (Wildman–Crippen LogP) is 0.977. The zero-order chi connectivity index (χ0) is 13.8. The van der Waals surface area contributed by atoms with Gasteiger partial charge in [0, 0.05) is 26.0 Å². The average molecular weight is 263 g/mol. The van der Waals surface area contributed by atoms with Crippen LogP contribution in [0.5, 0.6) is 0 Å². The lowest BCUT2D eigenvalue weighted by Crippen LogP contribution is -2.32. The van der Waals surface area contributed by atoms with Crippen LogP contribution in [0.1, 0.15) is 23.2 Å². The third kappa shape index (κ3) is 3.45. The number of carbonyl (C=O) groups excluding carboxylic acids is 1. The Morgan fingerprint density at radius 2 is 2.37 bits per heavy atom. The largest absolute Gasteiger partial charge is 0.454 e. The minimum Gasteiger partial charge on any atom is -0.454 e. The van der Waals surface area contributed by atoms with E-state index >= 15 is 0 Å². The van der Waals surface area contributed by atoms with Gasteiger partial charge in [-0.15, -0.1) is 0 Å². The third-order valence-corrected chi connectivity index (χ3v) is 2.63. The lowest BCUT2D eigenvalue weighted by Gasteiger charge is -2.17. The number of hydrogen-bond donors (Lipinski definition) is 1. The zero-order valence-electron chi connectivity index (χ0n) is 11.0. The number of nitrogens with zero attached hydrogens (tertiary/aromatic N) is 3. The number of likely N-dealkylation sites (N-methyl/N-ethyl adjacent to an activating group) is 1. The van der Waals surface area contributed by atoms with Crippen molar-refractivity contribution in [3.05, 3.63) is 42.1 Å². The molecule has 2 rings (SSSR count). The van der Waals surface area contributed by atoms with Gasteiger partial charge in [-0.05, 0) is 25.1 Å². The topological polar surface area (TPSA) is 71.5 Å². The molecule has 2 aromatic heterocycles. The zero-order valence-corrected chi connectivity index (χ0v) is 11.0. The number of aliphatic hydroxyl groups is 1. The molecule has 1 unspecified atom stereocenters. The van der Waals surface area contributed by atoms with E-state index in [-0.39, 0.29) is 18.2 Å². The standard InChI is InChI=1S/C13H17N3O3/c1-10(17)8-15(2)13(18)12-5-4-11(19-12)9-16-7-3-6-14-16/h3-7,10,17H,8-9H2,1-2H3. The Morgan fingerprint density at radius 3 is 3.00 bits per heavy atom. The molecule has 0 aromatic carbocycles. The first-order valence-electron chi connectivity index (χ1n) is 6.06. The Bertz CT molecular complexity index is 531. The van der Waals surface area contributed by atoms with Gasteiger partial charge >= 0.3 is 0 Å². The SMILES string of the molecule is CC(O)CN(C)C(=O)c1ccc(Cn2cccn2)o1. The molecule has 0 radical (unpaired) electrons. The van der Waals surface area contributed by atoms with Crippen molar-refractivity contribution in [3.8, 4) is 0 Å². The van der Waals surface area contributed by atoms with Crippen molar-refractivity contribution < 1.29 is 14.3 Å². The second-order valence-electron chi connectivity index (χ2n) is 4.50. The molecule has 0 aliphatic rings. The summed E-state index contributed by atoms with van der Waals surface area (Å²) in [6, 6.07) is 5.22. The summed E-state index contributed by atoms with van der Waals surface area (Å²) >= 11 is 0. The molecule has 0 bridgehead atoms. The Morgan fingerprint density at radius 1 is 1.58 bits per heavy atom. The van der Waals surface area contributed by atoms with E-state index in [1.54, 1.807) is 37.0 Å². The number of hydrogen-bond acceptors (Lipinski definition) is 4. The van der Waals surface area contributed by atoms with Crippen molar-refractivity contribution in [3.63, 3.8) is 0 Å². The third-order valence-electron chi connectivity index (χ3n) is 2.63. The van der Waals surface area contributed by atoms with Crippen molar-refractivity contribution >= 4 is 5.91 Å². The fourth-order valence-electron chi connectivity index (χ4n) is 1.80. The summed E-state index contributed by atoms with van der Waals surface area (Å²) in [5.41, 5.74) is 0. The second kappa shape index (κ2) is 5.71. The van der Waals surface area contributed by atoms with Crippen molar-refractivity contribution in [2.24, 2.45) is 0 Å². The maximum absolute atomic E-state index is 12.0. The molecule has 1 amide bonds. The maximum atomic E-state index is 12.0. The lowest BCUT2D eigenvalue weighted by atomic mass is 10.3. The summed E-state index contributed by atoms with van der Waals surface area (Å²) < 4.78 is 7.20. The quantitative estimate of drug-likeness (QED) is 0.872. The van der Waals surface area contributed by atoms with Crippen LogP contribution in [0.15, 0.2) is 35.0 Å². The summed E-state index contributed by atoms with van der Waals surface area (Å²) in [7, 11) is 1.63. The van der Waals surface area contributed by atoms with Crippen molar-refractivity contribution in [2.45, 2.75) is 19.6 Å². The Hall–Kier alpha value is -2.08. The molecule has 19 heavy (non-hydrogen) atoms. The van der Waals surface area contributed by atoms with Gasteiger partial charge in [0.2, 0.25) is 0 Å². The molecule has 102 valence electrons. The monoisotopic (exact) mass is 263 g/mol. The van der Waals surface area contributed by atoms with Gasteiger partial charge in [-0.3, -0.25) is 9.48 Å². The fraction of sp³-hybridized carbons (Fsp3) is 0.385. The highest BCUT2D eigenvalue weighted by Gasteiger charge is 2.17. The number of carbonyl (C=O) groups is 1. The van der Waals surface area contributed by atoms with Crippen LogP contribution >= 0.6 is 0 Å². The van der Waals surface area contributed by atoms with Crippen LogP contribution in [0, 0.1) is 0 Å². The van der Waals surface area contributed by atoms with E-state index in [1.807, 2.05) is 12.3 Å². The molecule has 0 aliphatic heterocycles. The van der Waals surface area contributed by atoms with Gasteiger partial charge in [0.25, 0.3) is 5.91 Å². The minimum atomic E-state index is -0.563. The second-order valence-corrected chi connectivity index (χ2v) is 4.50. The maximum Gasteiger partial charge on any atom is 0.289 e. The lowest BCUT2D eigenvalue weighted by molar-refractivity contribution is 0.0671. The molecular weight excluding hydrogens is 246 g/mol. The molecule has 0 spiro atoms. The summed E-state index contributed by atoms with van der Waals surface area (Å²) in [4.78, 5) is 13.4. The minimum absolute atomic E-state index is 0.243. The fourth-order valence-corrected chi connectivity index (χ4v) is 1.80. The van der Waals surface area contributed by atoms with Crippen molar-refractivity contribution in [1.29, 1.82) is 0 Å². The molecule has 2 heterocycles. The summed E-state index contributed by atoms with van der Waals surface area (Å²) in [6.07, 6.45) is 2.95. The Labute approximate surface area is 111 Å². The van der Waals surface area contributed by atoms with Crippen LogP contribution in [-0.2, 0) is 6.54 Å². The first kappa shape index (κ1) is 13.4. The highest BCUT2D eigenvalue weighted by molar-refractivity contribution is 5.91. The molecule has 6 heteroatoms. The van der Waals surface area contributed by atoms with Crippen LogP contribution in [0.2, 0.25) is 0 Å². The van der Waals surface area contributed by atoms with E-state index in [9.17, 15) is 9.90 Å². The van der Waals surface area contributed by atoms with Gasteiger partial charge in [0.1, 0.15) is 5.76 Å². The predicted molar refractivity (Wildman–Crippen MR) is 68.7 cm³/mol. The van der Waals surface area contributed by atoms with E-state index in [1.165, 1.54) is 4.90 Å². The number of amides is 1. The smallest absolute Gasteiger partial charge is 0.289 e. The summed E-state index contributed by atoms with van der Waals surface area (Å²) in [5.74, 6) is 0.690. The van der Waals surface area contributed by atoms with Crippen LogP contribution < -0.4 is 0 Å². The number of rotatable bonds is 5. The molecule has 0 aliphatic carbocycles. The van der Waals surface area contributed by atoms with Crippen LogP contribution in [-0.4, -0.2) is 45.4 Å². The molecule has 1 atom stereocenters. The molecule has 0 saturated carbocycles. The molecule has 6 nitrogen and oxygen atoms in total. The van der Waals surface area contributed by atoms with Gasteiger partial charge in [0.15, 0.2) is 5.76 Å². The highest BCUT2D eigenvalue weighted by atomic mass is 16.4. The van der Waals surface area contributed by atoms with E-state index in [4.69, 9.17) is 4.42 Å². The normalized spacial score (nSPS) is 12.4. The van der Waals surface area contributed by atoms with Gasteiger partial charge in [0.05, 0.1) is 12.6 Å². The summed E-state index contributed by atoms with van der Waals surface area (Å²) in [5, 5.41) is 13.3. The Kier molecular flexibility index (Phi) is 4.01. The molecule has 0 saturated heterocycles. The van der Waals surface area contributed by atoms with Gasteiger partial charge in [-0.2, -0.15) is 5.10 Å². The van der Waals surface area contributed by atoms with Crippen molar-refractivity contribution in [1.82, 2.24) is 14.7 Å². The summed E-state index contributed by atoms with van der Waals surface area (Å²) in [6.45, 7) is 2.39. The molecule has 2 aromatic rings. The van der Waals surface area contributed by atoms with Gasteiger partial charge in [-0.25, -0.2) is 0 Å². The highest BCUT2D eigenvalue weighted by Crippen LogP contribution is 2.11.